The average molecular weight is 281 g/mol. The van der Waals surface area contributed by atoms with Crippen molar-refractivity contribution >= 4 is 0 Å². The summed E-state index contributed by atoms with van der Waals surface area (Å²) in [6.45, 7) is 8.29. The van der Waals surface area contributed by atoms with Gasteiger partial charge in [-0.25, -0.2) is 0 Å². The van der Waals surface area contributed by atoms with Crippen molar-refractivity contribution in [1.29, 1.82) is 0 Å². The quantitative estimate of drug-likeness (QED) is 0.793. The topological polar surface area (TPSA) is 23.5 Å². The third-order valence-electron chi connectivity index (χ3n) is 5.64. The van der Waals surface area contributed by atoms with Crippen LogP contribution in [0.1, 0.15) is 71.6 Å². The van der Waals surface area contributed by atoms with Gasteiger partial charge >= 0.3 is 0 Å². The maximum atomic E-state index is 10.3. The van der Waals surface area contributed by atoms with Crippen molar-refractivity contribution in [2.24, 2.45) is 17.8 Å². The second kappa shape index (κ2) is 8.38. The summed E-state index contributed by atoms with van der Waals surface area (Å²) < 4.78 is 0. The van der Waals surface area contributed by atoms with Crippen molar-refractivity contribution in [2.75, 3.05) is 19.6 Å². The molecule has 0 aromatic heterocycles. The second-order valence-electron chi connectivity index (χ2n) is 7.33. The number of aliphatic hydroxyl groups is 1. The van der Waals surface area contributed by atoms with E-state index in [2.05, 4.69) is 18.7 Å². The van der Waals surface area contributed by atoms with Gasteiger partial charge in [0.15, 0.2) is 0 Å². The minimum atomic E-state index is -0.0310. The van der Waals surface area contributed by atoms with Crippen LogP contribution in [0, 0.1) is 17.8 Å². The SMILES string of the molecule is CCCC1CCN(CC2CC(CCC)CCC2O)CC1. The molecule has 0 spiro atoms. The highest BCUT2D eigenvalue weighted by atomic mass is 16.3. The Hall–Kier alpha value is -0.0800. The van der Waals surface area contributed by atoms with E-state index in [1.54, 1.807) is 0 Å². The summed E-state index contributed by atoms with van der Waals surface area (Å²) in [5.41, 5.74) is 0. The van der Waals surface area contributed by atoms with Crippen LogP contribution in [0.5, 0.6) is 0 Å². The first-order valence-electron chi connectivity index (χ1n) is 9.13. The van der Waals surface area contributed by atoms with Gasteiger partial charge in [0.1, 0.15) is 0 Å². The summed E-state index contributed by atoms with van der Waals surface area (Å²) in [4.78, 5) is 2.63. The molecular weight excluding hydrogens is 246 g/mol. The summed E-state index contributed by atoms with van der Waals surface area (Å²) in [6.07, 6.45) is 11.7. The number of aliphatic hydroxyl groups excluding tert-OH is 1. The summed E-state index contributed by atoms with van der Waals surface area (Å²) in [5, 5.41) is 10.3. The molecule has 1 aliphatic heterocycles. The van der Waals surface area contributed by atoms with Crippen molar-refractivity contribution in [2.45, 2.75) is 77.7 Å². The first kappa shape index (κ1) is 16.3. The zero-order valence-electron chi connectivity index (χ0n) is 13.7. The van der Waals surface area contributed by atoms with Crippen LogP contribution in [0.4, 0.5) is 0 Å². The molecule has 0 bridgehead atoms. The van der Waals surface area contributed by atoms with Gasteiger partial charge in [-0.2, -0.15) is 0 Å². The van der Waals surface area contributed by atoms with Crippen LogP contribution in [0.2, 0.25) is 0 Å². The van der Waals surface area contributed by atoms with Crippen molar-refractivity contribution in [1.82, 2.24) is 4.90 Å². The van der Waals surface area contributed by atoms with Gasteiger partial charge in [0.05, 0.1) is 6.10 Å². The van der Waals surface area contributed by atoms with E-state index in [0.29, 0.717) is 5.92 Å². The zero-order chi connectivity index (χ0) is 14.4. The van der Waals surface area contributed by atoms with E-state index in [1.165, 1.54) is 64.5 Å². The normalized spacial score (nSPS) is 33.5. The number of hydrogen-bond acceptors (Lipinski definition) is 2. The second-order valence-corrected chi connectivity index (χ2v) is 7.33. The molecule has 20 heavy (non-hydrogen) atoms. The molecule has 2 aliphatic rings. The molecule has 0 aromatic rings. The molecule has 2 rings (SSSR count). The molecule has 3 atom stereocenters. The molecule has 1 N–H and O–H groups in total. The van der Waals surface area contributed by atoms with Crippen LogP contribution in [0.3, 0.4) is 0 Å². The van der Waals surface area contributed by atoms with Crippen molar-refractivity contribution < 1.29 is 5.11 Å². The summed E-state index contributed by atoms with van der Waals surface area (Å²) >= 11 is 0. The zero-order valence-corrected chi connectivity index (χ0v) is 13.7. The van der Waals surface area contributed by atoms with E-state index in [9.17, 15) is 5.11 Å². The predicted octanol–water partition coefficient (Wildman–Crippen LogP) is 4.08. The number of nitrogens with zero attached hydrogens (tertiary/aromatic N) is 1. The molecule has 0 aromatic carbocycles. The Balaban J connectivity index is 1.74. The van der Waals surface area contributed by atoms with Crippen LogP contribution >= 0.6 is 0 Å². The van der Waals surface area contributed by atoms with Crippen molar-refractivity contribution in [3.8, 4) is 0 Å². The lowest BCUT2D eigenvalue weighted by Gasteiger charge is -2.39. The first-order valence-corrected chi connectivity index (χ1v) is 9.13. The highest BCUT2D eigenvalue weighted by molar-refractivity contribution is 4.83. The largest absolute Gasteiger partial charge is 0.393 e. The molecule has 1 saturated heterocycles. The van der Waals surface area contributed by atoms with E-state index in [1.807, 2.05) is 0 Å². The standard InChI is InChI=1S/C18H35NO/c1-3-5-15-9-11-19(12-10-15)14-17-13-16(6-4-2)7-8-18(17)20/h15-18,20H,3-14H2,1-2H3. The molecule has 118 valence electrons. The van der Waals surface area contributed by atoms with E-state index < -0.39 is 0 Å². The Kier molecular flexibility index (Phi) is 6.83. The van der Waals surface area contributed by atoms with Crippen LogP contribution in [0.25, 0.3) is 0 Å². The Morgan fingerprint density at radius 2 is 1.55 bits per heavy atom. The lowest BCUT2D eigenvalue weighted by molar-refractivity contribution is 0.0191. The predicted molar refractivity (Wildman–Crippen MR) is 85.8 cm³/mol. The van der Waals surface area contributed by atoms with Gasteiger partial charge in [-0.1, -0.05) is 39.5 Å². The van der Waals surface area contributed by atoms with Gasteiger partial charge in [-0.3, -0.25) is 0 Å². The summed E-state index contributed by atoms with van der Waals surface area (Å²) in [5.74, 6) is 2.40. The maximum absolute atomic E-state index is 10.3. The highest BCUT2D eigenvalue weighted by Gasteiger charge is 2.31. The minimum absolute atomic E-state index is 0.0310. The number of hydrogen-bond donors (Lipinski definition) is 1. The molecule has 2 nitrogen and oxygen atoms in total. The first-order chi connectivity index (χ1) is 9.72. The van der Waals surface area contributed by atoms with Crippen molar-refractivity contribution in [3.63, 3.8) is 0 Å². The molecule has 1 heterocycles. The van der Waals surface area contributed by atoms with Gasteiger partial charge < -0.3 is 10.0 Å². The monoisotopic (exact) mass is 281 g/mol. The molecule has 0 amide bonds. The maximum Gasteiger partial charge on any atom is 0.0580 e. The van der Waals surface area contributed by atoms with Gasteiger partial charge in [-0.05, 0) is 62.9 Å². The van der Waals surface area contributed by atoms with Gasteiger partial charge in [0, 0.05) is 6.54 Å². The molecular formula is C18H35NO. The van der Waals surface area contributed by atoms with Gasteiger partial charge in [0.2, 0.25) is 0 Å². The molecule has 2 fully saturated rings. The molecule has 1 saturated carbocycles. The summed E-state index contributed by atoms with van der Waals surface area (Å²) in [6, 6.07) is 0. The smallest absolute Gasteiger partial charge is 0.0580 e. The molecule has 3 unspecified atom stereocenters. The Morgan fingerprint density at radius 3 is 2.20 bits per heavy atom. The van der Waals surface area contributed by atoms with E-state index in [4.69, 9.17) is 0 Å². The third-order valence-corrected chi connectivity index (χ3v) is 5.64. The fourth-order valence-electron chi connectivity index (χ4n) is 4.41. The van der Waals surface area contributed by atoms with Crippen LogP contribution < -0.4 is 0 Å². The summed E-state index contributed by atoms with van der Waals surface area (Å²) in [7, 11) is 0. The Morgan fingerprint density at radius 1 is 0.900 bits per heavy atom. The van der Waals surface area contributed by atoms with Crippen LogP contribution in [-0.2, 0) is 0 Å². The third kappa shape index (κ3) is 4.73. The number of likely N-dealkylation sites (tertiary alicyclic amines) is 1. The van der Waals surface area contributed by atoms with Gasteiger partial charge in [0.25, 0.3) is 0 Å². The fourth-order valence-corrected chi connectivity index (χ4v) is 4.41. The van der Waals surface area contributed by atoms with E-state index in [0.717, 1.165) is 24.8 Å². The van der Waals surface area contributed by atoms with Gasteiger partial charge in [-0.15, -0.1) is 0 Å². The number of rotatable bonds is 6. The average Bonchev–Trinajstić information content (AvgIpc) is 2.45. The Labute approximate surface area is 125 Å². The molecule has 0 radical (unpaired) electrons. The Bertz CT molecular complexity index is 260. The lowest BCUT2D eigenvalue weighted by atomic mass is 9.77. The van der Waals surface area contributed by atoms with Crippen LogP contribution in [0.15, 0.2) is 0 Å². The van der Waals surface area contributed by atoms with Crippen molar-refractivity contribution in [3.05, 3.63) is 0 Å². The van der Waals surface area contributed by atoms with E-state index >= 15 is 0 Å². The number of piperidine rings is 1. The van der Waals surface area contributed by atoms with Crippen LogP contribution in [-0.4, -0.2) is 35.7 Å². The molecule has 2 heteroatoms. The molecule has 1 aliphatic carbocycles. The highest BCUT2D eigenvalue weighted by Crippen LogP contribution is 2.33. The lowest BCUT2D eigenvalue weighted by Crippen LogP contribution is -2.42. The minimum Gasteiger partial charge on any atom is -0.393 e. The van der Waals surface area contributed by atoms with E-state index in [-0.39, 0.29) is 6.10 Å². The fraction of sp³-hybridized carbons (Fsp3) is 1.00.